The summed E-state index contributed by atoms with van der Waals surface area (Å²) in [4.78, 5) is 20.9. The van der Waals surface area contributed by atoms with Gasteiger partial charge in [-0.05, 0) is 71.3 Å². The first-order valence-corrected chi connectivity index (χ1v) is 16.9. The fourth-order valence-corrected chi connectivity index (χ4v) is 7.63. The third kappa shape index (κ3) is 4.57. The second-order valence-corrected chi connectivity index (χ2v) is 12.8. The molecule has 0 N–H and O–H groups in total. The van der Waals surface area contributed by atoms with E-state index in [1.165, 1.54) is 22.2 Å². The topological polar surface area (TPSA) is 59.2 Å². The molecule has 6 nitrogen and oxygen atoms in total. The highest BCUT2D eigenvalue weighted by atomic mass is 15.2. The maximum Gasteiger partial charge on any atom is 0.0886 e. The molecule has 6 heteroatoms. The van der Waals surface area contributed by atoms with Crippen molar-refractivity contribution in [2.75, 3.05) is 4.90 Å². The van der Waals surface area contributed by atoms with Crippen molar-refractivity contribution in [3.8, 4) is 39.3 Å². The Labute approximate surface area is 289 Å². The highest BCUT2D eigenvalue weighted by Crippen LogP contribution is 2.46. The van der Waals surface area contributed by atoms with Crippen molar-refractivity contribution in [3.05, 3.63) is 170 Å². The van der Waals surface area contributed by atoms with Crippen LogP contribution in [-0.2, 0) is 0 Å². The van der Waals surface area contributed by atoms with Crippen molar-refractivity contribution in [2.45, 2.75) is 12.0 Å². The molecule has 2 atom stereocenters. The van der Waals surface area contributed by atoms with E-state index < -0.39 is 0 Å². The van der Waals surface area contributed by atoms with Gasteiger partial charge >= 0.3 is 0 Å². The monoisotopic (exact) mass is 642 g/mol. The Balaban J connectivity index is 0.897. The van der Waals surface area contributed by atoms with Crippen LogP contribution in [-0.4, -0.2) is 31.8 Å². The first kappa shape index (κ1) is 28.4. The third-order valence-electron chi connectivity index (χ3n) is 10.0. The molecular formula is C44H30N6. The predicted octanol–water partition coefficient (Wildman–Crippen LogP) is 10.2. The fourth-order valence-electron chi connectivity index (χ4n) is 7.63. The van der Waals surface area contributed by atoms with Crippen LogP contribution in [0.4, 0.5) is 11.4 Å². The maximum atomic E-state index is 4.83. The molecule has 6 heterocycles. The van der Waals surface area contributed by atoms with Crippen LogP contribution in [0.5, 0.6) is 0 Å². The summed E-state index contributed by atoms with van der Waals surface area (Å²) in [6, 6.07) is 45.1. The Morgan fingerprint density at radius 3 is 2.10 bits per heavy atom. The summed E-state index contributed by atoms with van der Waals surface area (Å²) in [5.41, 5.74) is 13.2. The van der Waals surface area contributed by atoms with Crippen LogP contribution < -0.4 is 4.90 Å². The van der Waals surface area contributed by atoms with Gasteiger partial charge in [-0.2, -0.15) is 0 Å². The van der Waals surface area contributed by atoms with Crippen LogP contribution in [0.15, 0.2) is 169 Å². The van der Waals surface area contributed by atoms with Gasteiger partial charge in [0.1, 0.15) is 0 Å². The summed E-state index contributed by atoms with van der Waals surface area (Å²) in [6.07, 6.45) is 13.9. The van der Waals surface area contributed by atoms with Gasteiger partial charge in [-0.3, -0.25) is 19.9 Å². The molecule has 10 rings (SSSR count). The number of benzene rings is 4. The van der Waals surface area contributed by atoms with Crippen LogP contribution in [0.1, 0.15) is 11.5 Å². The van der Waals surface area contributed by atoms with Crippen molar-refractivity contribution < 1.29 is 0 Å². The summed E-state index contributed by atoms with van der Waals surface area (Å²) in [6.45, 7) is 0. The van der Waals surface area contributed by atoms with Crippen LogP contribution in [0, 0.1) is 0 Å². The molecule has 236 valence electrons. The van der Waals surface area contributed by atoms with Crippen LogP contribution in [0.2, 0.25) is 0 Å². The van der Waals surface area contributed by atoms with Gasteiger partial charge in [-0.25, -0.2) is 0 Å². The fraction of sp³-hybridized carbons (Fsp3) is 0.0455. The number of fused-ring (bicyclic) bond motifs is 6. The zero-order chi connectivity index (χ0) is 33.0. The van der Waals surface area contributed by atoms with Gasteiger partial charge in [0.15, 0.2) is 0 Å². The van der Waals surface area contributed by atoms with Crippen molar-refractivity contribution >= 4 is 39.4 Å². The molecule has 0 amide bonds. The molecule has 4 aromatic carbocycles. The average molecular weight is 643 g/mol. The molecule has 0 bridgehead atoms. The number of anilines is 2. The van der Waals surface area contributed by atoms with E-state index in [0.717, 1.165) is 55.9 Å². The predicted molar refractivity (Wildman–Crippen MR) is 203 cm³/mol. The molecule has 8 aromatic rings. The van der Waals surface area contributed by atoms with Crippen molar-refractivity contribution in [1.29, 1.82) is 0 Å². The van der Waals surface area contributed by atoms with Gasteiger partial charge in [-0.15, -0.1) is 0 Å². The lowest BCUT2D eigenvalue weighted by Gasteiger charge is -2.28. The SMILES string of the molecule is C1=CC2c3ccccc3N(c3cccc(-c4ccc(-c5ccc(-c6ccc(-n7c8ccccc8c8cnccc87)cc6)cn5)nc4)c3)C2C=N1. The molecule has 0 saturated carbocycles. The second-order valence-electron chi connectivity index (χ2n) is 12.8. The lowest BCUT2D eigenvalue weighted by atomic mass is 9.94. The number of aliphatic imine (C=N–C) groups is 1. The number of hydrogen-bond donors (Lipinski definition) is 0. The molecule has 50 heavy (non-hydrogen) atoms. The first-order valence-electron chi connectivity index (χ1n) is 16.9. The number of para-hydroxylation sites is 2. The molecule has 0 fully saturated rings. The van der Waals surface area contributed by atoms with Gasteiger partial charge in [0.25, 0.3) is 0 Å². The number of rotatable bonds is 5. The molecular weight excluding hydrogens is 613 g/mol. The number of nitrogens with zero attached hydrogens (tertiary/aromatic N) is 6. The minimum Gasteiger partial charge on any atom is -0.332 e. The Bertz CT molecular complexity index is 2550. The lowest BCUT2D eigenvalue weighted by Crippen LogP contribution is -2.32. The normalized spacial score (nSPS) is 16.2. The van der Waals surface area contributed by atoms with Gasteiger partial charge in [0, 0.05) is 82.1 Å². The van der Waals surface area contributed by atoms with E-state index in [1.54, 1.807) is 0 Å². The molecule has 2 unspecified atom stereocenters. The van der Waals surface area contributed by atoms with E-state index >= 15 is 0 Å². The number of pyridine rings is 3. The summed E-state index contributed by atoms with van der Waals surface area (Å²) in [7, 11) is 0. The molecule has 4 aromatic heterocycles. The Hall–Kier alpha value is -6.66. The quantitative estimate of drug-likeness (QED) is 0.187. The third-order valence-corrected chi connectivity index (χ3v) is 10.0. The molecule has 0 radical (unpaired) electrons. The highest BCUT2D eigenvalue weighted by Gasteiger charge is 2.37. The zero-order valence-corrected chi connectivity index (χ0v) is 27.0. The van der Waals surface area contributed by atoms with E-state index in [-0.39, 0.29) is 6.04 Å². The second kappa shape index (κ2) is 11.5. The zero-order valence-electron chi connectivity index (χ0n) is 27.0. The molecule has 0 saturated heterocycles. The van der Waals surface area contributed by atoms with Crippen molar-refractivity contribution in [3.63, 3.8) is 0 Å². The van der Waals surface area contributed by atoms with E-state index in [9.17, 15) is 0 Å². The van der Waals surface area contributed by atoms with Gasteiger partial charge < -0.3 is 9.47 Å². The van der Waals surface area contributed by atoms with E-state index in [4.69, 9.17) is 9.97 Å². The van der Waals surface area contributed by atoms with E-state index in [2.05, 4.69) is 153 Å². The van der Waals surface area contributed by atoms with Crippen molar-refractivity contribution in [1.82, 2.24) is 19.5 Å². The van der Waals surface area contributed by atoms with Gasteiger partial charge in [0.2, 0.25) is 0 Å². The smallest absolute Gasteiger partial charge is 0.0886 e. The van der Waals surface area contributed by atoms with Gasteiger partial charge in [-0.1, -0.05) is 78.9 Å². The number of hydrogen-bond acceptors (Lipinski definition) is 5. The van der Waals surface area contributed by atoms with Crippen LogP contribution in [0.3, 0.4) is 0 Å². The molecule has 2 aliphatic rings. The lowest BCUT2D eigenvalue weighted by molar-refractivity contribution is 0.787. The van der Waals surface area contributed by atoms with Crippen LogP contribution >= 0.6 is 0 Å². The van der Waals surface area contributed by atoms with Crippen molar-refractivity contribution in [2.24, 2.45) is 4.99 Å². The summed E-state index contributed by atoms with van der Waals surface area (Å²) >= 11 is 0. The Morgan fingerprint density at radius 1 is 0.540 bits per heavy atom. The van der Waals surface area contributed by atoms with Crippen LogP contribution in [0.25, 0.3) is 61.1 Å². The summed E-state index contributed by atoms with van der Waals surface area (Å²) < 4.78 is 2.30. The number of aromatic nitrogens is 4. The maximum absolute atomic E-state index is 4.83. The average Bonchev–Trinajstić information content (AvgIpc) is 3.71. The Morgan fingerprint density at radius 2 is 1.28 bits per heavy atom. The summed E-state index contributed by atoms with van der Waals surface area (Å²) in [5, 5.41) is 2.36. The summed E-state index contributed by atoms with van der Waals surface area (Å²) in [5.74, 6) is 0.302. The molecule has 0 spiro atoms. The van der Waals surface area contributed by atoms with Gasteiger partial charge in [0.05, 0.1) is 28.5 Å². The largest absolute Gasteiger partial charge is 0.332 e. The van der Waals surface area contributed by atoms with E-state index in [0.29, 0.717) is 5.92 Å². The molecule has 2 aliphatic heterocycles. The molecule has 0 aliphatic carbocycles. The Kier molecular flexibility index (Phi) is 6.52. The highest BCUT2D eigenvalue weighted by molar-refractivity contribution is 6.08. The standard InChI is InChI=1S/C44H30N6/c1-3-10-41-35(8-1)37-20-22-46-28-44(37)50(41)34-7-5-6-30(24-34)32-15-19-40(48-26-32)39-18-14-31(25-47-39)29-12-16-33(17-13-29)49-42-11-4-2-9-36(42)38-27-45-23-21-43(38)49/h1-28,37,44H. The first-order chi connectivity index (χ1) is 24.8. The minimum atomic E-state index is 0.165. The van der Waals surface area contributed by atoms with E-state index in [1.807, 2.05) is 37.1 Å². The minimum absolute atomic E-state index is 0.165.